The van der Waals surface area contributed by atoms with Crippen LogP contribution in [0.3, 0.4) is 0 Å². The number of hydrogen-bond acceptors (Lipinski definition) is 2. The maximum Gasteiger partial charge on any atom is 0.0769 e. The molecular formula is C9H18ClNO. The minimum absolute atomic E-state index is 0. The molecule has 0 aliphatic heterocycles. The van der Waals surface area contributed by atoms with Gasteiger partial charge in [-0.25, -0.2) is 0 Å². The molecule has 0 aromatic rings. The fourth-order valence-corrected chi connectivity index (χ4v) is 2.13. The van der Waals surface area contributed by atoms with Gasteiger partial charge >= 0.3 is 0 Å². The minimum atomic E-state index is -0.506. The Kier molecular flexibility index (Phi) is 2.72. The summed E-state index contributed by atoms with van der Waals surface area (Å²) in [6.07, 6.45) is 7.08. The Labute approximate surface area is 79.9 Å². The van der Waals surface area contributed by atoms with Crippen LogP contribution in [0.15, 0.2) is 0 Å². The number of rotatable bonds is 1. The third-order valence-electron chi connectivity index (χ3n) is 3.58. The first-order valence-electron chi connectivity index (χ1n) is 4.61. The molecule has 2 aliphatic rings. The molecule has 72 valence electrons. The molecule has 2 aliphatic carbocycles. The second-order valence-corrected chi connectivity index (χ2v) is 4.43. The first-order valence-corrected chi connectivity index (χ1v) is 4.61. The summed E-state index contributed by atoms with van der Waals surface area (Å²) >= 11 is 0. The van der Waals surface area contributed by atoms with E-state index in [2.05, 4.69) is 0 Å². The highest BCUT2D eigenvalue weighted by Crippen LogP contribution is 2.57. The van der Waals surface area contributed by atoms with Crippen molar-refractivity contribution in [3.8, 4) is 0 Å². The van der Waals surface area contributed by atoms with Gasteiger partial charge in [-0.15, -0.1) is 12.4 Å². The predicted octanol–water partition coefficient (Wildman–Crippen LogP) is 1.45. The van der Waals surface area contributed by atoms with Gasteiger partial charge in [0.25, 0.3) is 0 Å². The largest absolute Gasteiger partial charge is 0.389 e. The van der Waals surface area contributed by atoms with Crippen molar-refractivity contribution in [2.75, 3.05) is 6.54 Å². The number of aliphatic hydroxyl groups is 1. The van der Waals surface area contributed by atoms with E-state index in [1.165, 1.54) is 25.7 Å². The van der Waals surface area contributed by atoms with E-state index in [0.717, 1.165) is 12.8 Å². The maximum atomic E-state index is 9.82. The van der Waals surface area contributed by atoms with Gasteiger partial charge in [-0.05, 0) is 43.9 Å². The summed E-state index contributed by atoms with van der Waals surface area (Å²) in [5.74, 6) is 0. The van der Waals surface area contributed by atoms with Crippen molar-refractivity contribution in [1.82, 2.24) is 0 Å². The molecule has 3 heteroatoms. The molecule has 0 aromatic carbocycles. The first kappa shape index (κ1) is 10.3. The average molecular weight is 192 g/mol. The van der Waals surface area contributed by atoms with Gasteiger partial charge in [0.1, 0.15) is 0 Å². The Morgan fingerprint density at radius 2 is 1.42 bits per heavy atom. The summed E-state index contributed by atoms with van der Waals surface area (Å²) in [7, 11) is 0. The van der Waals surface area contributed by atoms with Gasteiger partial charge in [0.05, 0.1) is 5.60 Å². The summed E-state index contributed by atoms with van der Waals surface area (Å²) in [5, 5.41) is 9.82. The topological polar surface area (TPSA) is 46.2 Å². The van der Waals surface area contributed by atoms with Crippen LogP contribution in [0.25, 0.3) is 0 Å². The summed E-state index contributed by atoms with van der Waals surface area (Å²) < 4.78 is 0. The molecule has 0 heterocycles. The molecular weight excluding hydrogens is 174 g/mol. The van der Waals surface area contributed by atoms with Crippen molar-refractivity contribution in [3.63, 3.8) is 0 Å². The molecule has 2 rings (SSSR count). The normalized spacial score (nSPS) is 29.5. The molecule has 2 nitrogen and oxygen atoms in total. The molecule has 2 saturated carbocycles. The fraction of sp³-hybridized carbons (Fsp3) is 1.00. The Morgan fingerprint density at radius 3 is 1.75 bits per heavy atom. The van der Waals surface area contributed by atoms with Gasteiger partial charge in [-0.1, -0.05) is 0 Å². The lowest BCUT2D eigenvalue weighted by atomic mass is 9.77. The van der Waals surface area contributed by atoms with Crippen LogP contribution in [0.4, 0.5) is 0 Å². The summed E-state index contributed by atoms with van der Waals surface area (Å²) in [5.41, 5.74) is 5.66. The molecule has 1 spiro atoms. The van der Waals surface area contributed by atoms with Gasteiger partial charge in [-0.3, -0.25) is 0 Å². The van der Waals surface area contributed by atoms with Gasteiger partial charge in [-0.2, -0.15) is 0 Å². The highest BCUT2D eigenvalue weighted by molar-refractivity contribution is 5.85. The zero-order valence-electron chi connectivity index (χ0n) is 7.38. The number of hydrogen-bond donors (Lipinski definition) is 2. The van der Waals surface area contributed by atoms with E-state index in [1.54, 1.807) is 0 Å². The Balaban J connectivity index is 0.000000720. The molecule has 0 saturated heterocycles. The summed E-state index contributed by atoms with van der Waals surface area (Å²) in [6, 6.07) is 0. The van der Waals surface area contributed by atoms with Gasteiger partial charge < -0.3 is 10.8 Å². The standard InChI is InChI=1S/C9H17NO.ClH/c10-7-9(11)5-3-8(1-2-8)4-6-9;/h11H,1-7,10H2;1H. The number of nitrogens with two attached hydrogens (primary N) is 1. The third kappa shape index (κ3) is 1.76. The zero-order chi connectivity index (χ0) is 7.95. The van der Waals surface area contributed by atoms with Gasteiger partial charge in [0, 0.05) is 6.54 Å². The van der Waals surface area contributed by atoms with Crippen LogP contribution in [0.1, 0.15) is 38.5 Å². The van der Waals surface area contributed by atoms with E-state index in [1.807, 2.05) is 0 Å². The molecule has 0 bridgehead atoms. The first-order chi connectivity index (χ1) is 5.18. The molecule has 0 radical (unpaired) electrons. The highest BCUT2D eigenvalue weighted by atomic mass is 35.5. The smallest absolute Gasteiger partial charge is 0.0769 e. The Hall–Kier alpha value is 0.210. The lowest BCUT2D eigenvalue weighted by molar-refractivity contribution is -0.00536. The predicted molar refractivity (Wildman–Crippen MR) is 51.4 cm³/mol. The average Bonchev–Trinajstić information content (AvgIpc) is 2.78. The van der Waals surface area contributed by atoms with E-state index in [4.69, 9.17) is 5.73 Å². The van der Waals surface area contributed by atoms with Crippen molar-refractivity contribution in [2.24, 2.45) is 11.1 Å². The van der Waals surface area contributed by atoms with E-state index in [9.17, 15) is 5.11 Å². The molecule has 12 heavy (non-hydrogen) atoms. The SMILES string of the molecule is Cl.NCC1(O)CCC2(CC1)CC2. The van der Waals surface area contributed by atoms with E-state index in [0.29, 0.717) is 12.0 Å². The van der Waals surface area contributed by atoms with Gasteiger partial charge in [0.2, 0.25) is 0 Å². The molecule has 0 amide bonds. The number of halogens is 1. The highest BCUT2D eigenvalue weighted by Gasteiger charge is 2.48. The van der Waals surface area contributed by atoms with Crippen molar-refractivity contribution < 1.29 is 5.11 Å². The van der Waals surface area contributed by atoms with Crippen molar-refractivity contribution in [1.29, 1.82) is 0 Å². The van der Waals surface area contributed by atoms with Crippen LogP contribution < -0.4 is 5.73 Å². The lowest BCUT2D eigenvalue weighted by Gasteiger charge is -2.35. The molecule has 3 N–H and O–H groups in total. The van der Waals surface area contributed by atoms with Crippen LogP contribution in [0, 0.1) is 5.41 Å². The van der Waals surface area contributed by atoms with Crippen LogP contribution in [0.5, 0.6) is 0 Å². The van der Waals surface area contributed by atoms with E-state index < -0.39 is 5.60 Å². The van der Waals surface area contributed by atoms with Crippen LogP contribution in [-0.2, 0) is 0 Å². The fourth-order valence-electron chi connectivity index (χ4n) is 2.13. The second-order valence-electron chi connectivity index (χ2n) is 4.43. The lowest BCUT2D eigenvalue weighted by Crippen LogP contribution is -2.41. The Morgan fingerprint density at radius 1 is 1.00 bits per heavy atom. The quantitative estimate of drug-likeness (QED) is 0.659. The van der Waals surface area contributed by atoms with Gasteiger partial charge in [0.15, 0.2) is 0 Å². The van der Waals surface area contributed by atoms with Crippen LogP contribution in [0.2, 0.25) is 0 Å². The zero-order valence-corrected chi connectivity index (χ0v) is 8.20. The Bertz CT molecular complexity index is 158. The third-order valence-corrected chi connectivity index (χ3v) is 3.58. The molecule has 2 fully saturated rings. The maximum absolute atomic E-state index is 9.82. The molecule has 0 atom stereocenters. The summed E-state index contributed by atoms with van der Waals surface area (Å²) in [6.45, 7) is 0.448. The van der Waals surface area contributed by atoms with E-state index >= 15 is 0 Å². The monoisotopic (exact) mass is 191 g/mol. The van der Waals surface area contributed by atoms with Crippen molar-refractivity contribution in [3.05, 3.63) is 0 Å². The molecule has 0 unspecified atom stereocenters. The van der Waals surface area contributed by atoms with Crippen molar-refractivity contribution in [2.45, 2.75) is 44.1 Å². The molecule has 0 aromatic heterocycles. The van der Waals surface area contributed by atoms with E-state index in [-0.39, 0.29) is 12.4 Å². The van der Waals surface area contributed by atoms with Crippen molar-refractivity contribution >= 4 is 12.4 Å². The van der Waals surface area contributed by atoms with Crippen LogP contribution in [-0.4, -0.2) is 17.3 Å². The second kappa shape index (κ2) is 3.17. The van der Waals surface area contributed by atoms with Crippen LogP contribution >= 0.6 is 12.4 Å². The minimum Gasteiger partial charge on any atom is -0.389 e. The summed E-state index contributed by atoms with van der Waals surface area (Å²) in [4.78, 5) is 0.